The predicted octanol–water partition coefficient (Wildman–Crippen LogP) is 4.22. The van der Waals surface area contributed by atoms with Gasteiger partial charge in [-0.25, -0.2) is 4.98 Å². The molecule has 2 heterocycles. The number of thioether (sulfide) groups is 1. The Morgan fingerprint density at radius 1 is 1.28 bits per heavy atom. The Morgan fingerprint density at radius 2 is 2.09 bits per heavy atom. The molecule has 2 aromatic heterocycles. The maximum Gasteiger partial charge on any atom is 0.230 e. The Hall–Kier alpha value is -3.10. The zero-order valence-electron chi connectivity index (χ0n) is 18.0. The van der Waals surface area contributed by atoms with Gasteiger partial charge in [0.1, 0.15) is 17.9 Å². The molecule has 9 heteroatoms. The van der Waals surface area contributed by atoms with Crippen molar-refractivity contribution in [3.05, 3.63) is 64.6 Å². The molecule has 3 aromatic rings. The van der Waals surface area contributed by atoms with Crippen LogP contribution in [0, 0.1) is 12.3 Å². The molecule has 0 unspecified atom stereocenters. The number of pyridine rings is 2. The maximum absolute atomic E-state index is 11.6. The molecule has 0 aliphatic rings. The number of allylic oxidation sites excluding steroid dienone is 1. The Balaban J connectivity index is 1.96. The quantitative estimate of drug-likeness (QED) is 0.320. The molecule has 0 fully saturated rings. The van der Waals surface area contributed by atoms with E-state index in [0.29, 0.717) is 10.8 Å². The average Bonchev–Trinajstić information content (AvgIpc) is 2.80. The normalized spacial score (nSPS) is 11.3. The molecule has 166 valence electrons. The van der Waals surface area contributed by atoms with Gasteiger partial charge in [-0.3, -0.25) is 9.78 Å². The topological polar surface area (TPSA) is 100.0 Å². The molecule has 0 spiro atoms. The number of hydrogen-bond donors (Lipinski definition) is 3. The van der Waals surface area contributed by atoms with E-state index in [1.54, 1.807) is 25.5 Å². The SMILES string of the molecule is CNC(=O)CSc1cncc(Cl)c1COc1cccc2c(/C(=C/C=N)NC)cc(C)nc12. The Labute approximate surface area is 196 Å². The zero-order chi connectivity index (χ0) is 23.1. The number of hydrogen-bond acceptors (Lipinski definition) is 7. The fourth-order valence-corrected chi connectivity index (χ4v) is 4.33. The van der Waals surface area contributed by atoms with Gasteiger partial charge in [0.05, 0.1) is 10.8 Å². The molecule has 0 atom stereocenters. The minimum atomic E-state index is -0.0820. The fourth-order valence-electron chi connectivity index (χ4n) is 3.15. The summed E-state index contributed by atoms with van der Waals surface area (Å²) in [4.78, 5) is 21.3. The van der Waals surface area contributed by atoms with Gasteiger partial charge in [0.15, 0.2) is 0 Å². The molecular formula is C23H24ClN5O2S. The van der Waals surface area contributed by atoms with Gasteiger partial charge in [-0.1, -0.05) is 23.7 Å². The molecule has 0 saturated carbocycles. The molecule has 3 rings (SSSR count). The lowest BCUT2D eigenvalue weighted by Gasteiger charge is -2.15. The van der Waals surface area contributed by atoms with Crippen LogP contribution in [-0.4, -0.2) is 41.9 Å². The summed E-state index contributed by atoms with van der Waals surface area (Å²) in [6.45, 7) is 2.13. The van der Waals surface area contributed by atoms with Crippen molar-refractivity contribution in [2.45, 2.75) is 18.4 Å². The number of halogens is 1. The van der Waals surface area contributed by atoms with Crippen LogP contribution >= 0.6 is 23.4 Å². The first-order valence-corrected chi connectivity index (χ1v) is 11.2. The monoisotopic (exact) mass is 469 g/mol. The summed E-state index contributed by atoms with van der Waals surface area (Å²) in [6.07, 6.45) is 6.20. The first-order chi connectivity index (χ1) is 15.5. The minimum Gasteiger partial charge on any atom is -0.487 e. The zero-order valence-corrected chi connectivity index (χ0v) is 19.6. The van der Waals surface area contributed by atoms with Gasteiger partial charge in [0.25, 0.3) is 0 Å². The second kappa shape index (κ2) is 11.0. The number of nitrogens with zero attached hydrogens (tertiary/aromatic N) is 2. The van der Waals surface area contributed by atoms with Crippen molar-refractivity contribution in [3.8, 4) is 5.75 Å². The van der Waals surface area contributed by atoms with Crippen LogP contribution in [0.2, 0.25) is 5.02 Å². The molecule has 1 aromatic carbocycles. The van der Waals surface area contributed by atoms with Crippen molar-refractivity contribution in [1.82, 2.24) is 20.6 Å². The van der Waals surface area contributed by atoms with Gasteiger partial charge in [-0.15, -0.1) is 11.8 Å². The van der Waals surface area contributed by atoms with Gasteiger partial charge in [-0.05, 0) is 25.1 Å². The Morgan fingerprint density at radius 3 is 2.81 bits per heavy atom. The van der Waals surface area contributed by atoms with Gasteiger partial charge >= 0.3 is 0 Å². The Kier molecular flexibility index (Phi) is 8.08. The van der Waals surface area contributed by atoms with E-state index in [-0.39, 0.29) is 18.3 Å². The largest absolute Gasteiger partial charge is 0.487 e. The second-order valence-electron chi connectivity index (χ2n) is 6.81. The fraction of sp³-hybridized carbons (Fsp3) is 0.217. The third-order valence-electron chi connectivity index (χ3n) is 4.72. The number of rotatable bonds is 9. The summed E-state index contributed by atoms with van der Waals surface area (Å²) in [5.41, 5.74) is 4.07. The van der Waals surface area contributed by atoms with Crippen molar-refractivity contribution in [1.29, 1.82) is 5.41 Å². The van der Waals surface area contributed by atoms with Crippen LogP contribution in [0.4, 0.5) is 0 Å². The highest BCUT2D eigenvalue weighted by Gasteiger charge is 2.15. The summed E-state index contributed by atoms with van der Waals surface area (Å²) in [7, 11) is 3.42. The highest BCUT2D eigenvalue weighted by molar-refractivity contribution is 8.00. The number of aromatic nitrogens is 2. The summed E-state index contributed by atoms with van der Waals surface area (Å²) < 4.78 is 6.17. The first-order valence-electron chi connectivity index (χ1n) is 9.86. The molecule has 0 aliphatic heterocycles. The van der Waals surface area contributed by atoms with Crippen molar-refractivity contribution >= 4 is 52.1 Å². The van der Waals surface area contributed by atoms with Gasteiger partial charge in [-0.2, -0.15) is 0 Å². The minimum absolute atomic E-state index is 0.0820. The average molecular weight is 470 g/mol. The highest BCUT2D eigenvalue weighted by Crippen LogP contribution is 2.33. The van der Waals surface area contributed by atoms with Crippen molar-refractivity contribution < 1.29 is 9.53 Å². The number of aryl methyl sites for hydroxylation is 1. The van der Waals surface area contributed by atoms with E-state index in [2.05, 4.69) is 15.6 Å². The van der Waals surface area contributed by atoms with E-state index < -0.39 is 0 Å². The number of benzene rings is 1. The lowest BCUT2D eigenvalue weighted by atomic mass is 10.0. The summed E-state index contributed by atoms with van der Waals surface area (Å²) >= 11 is 7.76. The van der Waals surface area contributed by atoms with Crippen molar-refractivity contribution in [2.24, 2.45) is 0 Å². The lowest BCUT2D eigenvalue weighted by molar-refractivity contribution is -0.118. The lowest BCUT2D eigenvalue weighted by Crippen LogP contribution is -2.19. The van der Waals surface area contributed by atoms with E-state index in [0.717, 1.165) is 38.3 Å². The van der Waals surface area contributed by atoms with Crippen LogP contribution in [0.3, 0.4) is 0 Å². The van der Waals surface area contributed by atoms with Crippen LogP contribution in [0.15, 0.2) is 47.6 Å². The number of carbonyl (C=O) groups is 1. The number of amides is 1. The third-order valence-corrected chi connectivity index (χ3v) is 6.11. The van der Waals surface area contributed by atoms with Crippen LogP contribution in [-0.2, 0) is 11.4 Å². The third kappa shape index (κ3) is 5.38. The highest BCUT2D eigenvalue weighted by atomic mass is 35.5. The molecular weight excluding hydrogens is 446 g/mol. The number of fused-ring (bicyclic) bond motifs is 1. The molecule has 0 radical (unpaired) electrons. The molecule has 7 nitrogen and oxygen atoms in total. The van der Waals surface area contributed by atoms with Crippen LogP contribution in [0.1, 0.15) is 16.8 Å². The van der Waals surface area contributed by atoms with Gasteiger partial charge in [0, 0.05) is 65.5 Å². The molecule has 0 saturated heterocycles. The van der Waals surface area contributed by atoms with Gasteiger partial charge in [0.2, 0.25) is 5.91 Å². The second-order valence-corrected chi connectivity index (χ2v) is 8.23. The van der Waals surface area contributed by atoms with E-state index in [1.807, 2.05) is 38.2 Å². The van der Waals surface area contributed by atoms with E-state index in [1.165, 1.54) is 18.0 Å². The van der Waals surface area contributed by atoms with Gasteiger partial charge < -0.3 is 20.8 Å². The standard InChI is InChI=1S/C23H24ClN5O2S/c1-14-9-16(19(26-2)7-8-25)15-5-4-6-20(23(15)29-14)31-12-17-18(24)10-28-11-21(17)32-13-22(30)27-3/h4-11,25-26H,12-13H2,1-3H3,(H,27,30)/b19-7-,25-8?. The number of carbonyl (C=O) groups excluding carboxylic acids is 1. The molecule has 32 heavy (non-hydrogen) atoms. The van der Waals surface area contributed by atoms with Crippen LogP contribution in [0.25, 0.3) is 16.6 Å². The Bertz CT molecular complexity index is 1180. The van der Waals surface area contributed by atoms with Crippen LogP contribution in [0.5, 0.6) is 5.75 Å². The number of ether oxygens (including phenoxy) is 1. The molecule has 0 aliphatic carbocycles. The van der Waals surface area contributed by atoms with Crippen molar-refractivity contribution in [3.63, 3.8) is 0 Å². The number of para-hydroxylation sites is 1. The summed E-state index contributed by atoms with van der Waals surface area (Å²) in [5, 5.41) is 14.6. The predicted molar refractivity (Wildman–Crippen MR) is 131 cm³/mol. The molecule has 3 N–H and O–H groups in total. The molecule has 0 bridgehead atoms. The molecule has 1 amide bonds. The number of nitrogens with one attached hydrogen (secondary N) is 3. The summed E-state index contributed by atoms with van der Waals surface area (Å²) in [6, 6.07) is 7.73. The van der Waals surface area contributed by atoms with Crippen molar-refractivity contribution in [2.75, 3.05) is 19.8 Å². The van der Waals surface area contributed by atoms with E-state index >= 15 is 0 Å². The maximum atomic E-state index is 11.6. The first kappa shape index (κ1) is 23.6. The smallest absolute Gasteiger partial charge is 0.230 e. The summed E-state index contributed by atoms with van der Waals surface area (Å²) in [5.74, 6) is 0.796. The van der Waals surface area contributed by atoms with E-state index in [4.69, 9.17) is 26.7 Å². The van der Waals surface area contributed by atoms with Crippen LogP contribution < -0.4 is 15.4 Å². The van der Waals surface area contributed by atoms with E-state index in [9.17, 15) is 4.79 Å².